The van der Waals surface area contributed by atoms with E-state index < -0.39 is 6.10 Å². The first-order chi connectivity index (χ1) is 12.6. The number of quaternary nitrogens is 1. The summed E-state index contributed by atoms with van der Waals surface area (Å²) in [6.45, 7) is 7.99. The lowest BCUT2D eigenvalue weighted by molar-refractivity contribution is -0.901. The van der Waals surface area contributed by atoms with Gasteiger partial charge in [-0.1, -0.05) is 36.4 Å². The van der Waals surface area contributed by atoms with Crippen molar-refractivity contribution in [3.63, 3.8) is 0 Å². The standard InChI is InChI=1S/C22H28N2O2/c1-17-6-5-7-21(14-17)26-18(2)22(25)23-15-19-8-10-20(11-9-19)16-24-12-3-4-13-24/h5-11,14,18H,3-4,12-13,15-16H2,1-2H3,(H,23,25)/p+1/t18-/m0/s1. The minimum Gasteiger partial charge on any atom is -0.481 e. The molecule has 0 aromatic heterocycles. The molecule has 0 saturated carbocycles. The molecule has 0 radical (unpaired) electrons. The predicted molar refractivity (Wildman–Crippen MR) is 103 cm³/mol. The highest BCUT2D eigenvalue weighted by atomic mass is 16.5. The number of hydrogen-bond donors (Lipinski definition) is 2. The number of aryl methyl sites for hydroxylation is 1. The van der Waals surface area contributed by atoms with Crippen LogP contribution in [0.2, 0.25) is 0 Å². The molecule has 1 aliphatic heterocycles. The smallest absolute Gasteiger partial charge is 0.261 e. The summed E-state index contributed by atoms with van der Waals surface area (Å²) in [6.07, 6.45) is 2.18. The second-order valence-electron chi connectivity index (χ2n) is 7.24. The summed E-state index contributed by atoms with van der Waals surface area (Å²) < 4.78 is 5.72. The van der Waals surface area contributed by atoms with Gasteiger partial charge < -0.3 is 15.0 Å². The van der Waals surface area contributed by atoms with Crippen molar-refractivity contribution in [2.45, 2.75) is 45.9 Å². The molecule has 1 heterocycles. The van der Waals surface area contributed by atoms with Crippen LogP contribution < -0.4 is 15.0 Å². The highest BCUT2D eigenvalue weighted by Crippen LogP contribution is 2.14. The van der Waals surface area contributed by atoms with E-state index in [9.17, 15) is 4.79 Å². The van der Waals surface area contributed by atoms with Gasteiger partial charge in [0.2, 0.25) is 0 Å². The fraction of sp³-hybridized carbons (Fsp3) is 0.409. The molecular weight excluding hydrogens is 324 g/mol. The van der Waals surface area contributed by atoms with Gasteiger partial charge >= 0.3 is 0 Å². The SMILES string of the molecule is Cc1cccc(O[C@@H](C)C(=O)NCc2ccc(C[NH+]3CCCC3)cc2)c1. The molecule has 2 aromatic rings. The highest BCUT2D eigenvalue weighted by molar-refractivity contribution is 5.80. The zero-order chi connectivity index (χ0) is 18.4. The Hall–Kier alpha value is -2.33. The fourth-order valence-electron chi connectivity index (χ4n) is 3.39. The van der Waals surface area contributed by atoms with E-state index in [0.29, 0.717) is 6.54 Å². The molecule has 1 aliphatic rings. The molecule has 4 heteroatoms. The first kappa shape index (κ1) is 18.5. The largest absolute Gasteiger partial charge is 0.481 e. The van der Waals surface area contributed by atoms with E-state index in [1.807, 2.05) is 31.2 Å². The van der Waals surface area contributed by atoms with E-state index >= 15 is 0 Å². The summed E-state index contributed by atoms with van der Waals surface area (Å²) in [5, 5.41) is 2.96. The van der Waals surface area contributed by atoms with Crippen LogP contribution in [0.5, 0.6) is 5.75 Å². The fourth-order valence-corrected chi connectivity index (χ4v) is 3.39. The molecule has 1 saturated heterocycles. The number of likely N-dealkylation sites (tertiary alicyclic amines) is 1. The molecule has 0 unspecified atom stereocenters. The van der Waals surface area contributed by atoms with Gasteiger partial charge in [0.25, 0.3) is 5.91 Å². The van der Waals surface area contributed by atoms with Crippen LogP contribution in [0.4, 0.5) is 0 Å². The Morgan fingerprint density at radius 1 is 1.12 bits per heavy atom. The third kappa shape index (κ3) is 5.33. The molecule has 4 nitrogen and oxygen atoms in total. The molecule has 2 N–H and O–H groups in total. The Morgan fingerprint density at radius 2 is 1.81 bits per heavy atom. The Bertz CT molecular complexity index is 721. The van der Waals surface area contributed by atoms with Crippen LogP contribution in [0.1, 0.15) is 36.5 Å². The average molecular weight is 353 g/mol. The van der Waals surface area contributed by atoms with Gasteiger partial charge in [-0.05, 0) is 37.1 Å². The molecule has 138 valence electrons. The van der Waals surface area contributed by atoms with E-state index in [0.717, 1.165) is 23.4 Å². The third-order valence-corrected chi connectivity index (χ3v) is 4.93. The first-order valence-electron chi connectivity index (χ1n) is 9.52. The van der Waals surface area contributed by atoms with Gasteiger partial charge in [0.1, 0.15) is 12.3 Å². The number of carbonyl (C=O) groups is 1. The number of benzene rings is 2. The second kappa shape index (κ2) is 8.86. The summed E-state index contributed by atoms with van der Waals surface area (Å²) in [5.41, 5.74) is 3.60. The van der Waals surface area contributed by atoms with Crippen LogP contribution in [-0.2, 0) is 17.9 Å². The maximum atomic E-state index is 12.3. The lowest BCUT2D eigenvalue weighted by Gasteiger charge is -2.15. The van der Waals surface area contributed by atoms with Gasteiger partial charge in [0.05, 0.1) is 13.1 Å². The van der Waals surface area contributed by atoms with Crippen molar-refractivity contribution in [1.82, 2.24) is 5.32 Å². The lowest BCUT2D eigenvalue weighted by atomic mass is 10.1. The molecule has 0 spiro atoms. The Balaban J connectivity index is 1.46. The summed E-state index contributed by atoms with van der Waals surface area (Å²) >= 11 is 0. The molecule has 0 aliphatic carbocycles. The Kier molecular flexibility index (Phi) is 6.29. The number of carbonyl (C=O) groups excluding carboxylic acids is 1. The molecule has 0 bridgehead atoms. The van der Waals surface area contributed by atoms with E-state index in [-0.39, 0.29) is 5.91 Å². The van der Waals surface area contributed by atoms with E-state index in [1.165, 1.54) is 31.5 Å². The summed E-state index contributed by atoms with van der Waals surface area (Å²) in [7, 11) is 0. The van der Waals surface area contributed by atoms with E-state index in [2.05, 4.69) is 29.6 Å². The third-order valence-electron chi connectivity index (χ3n) is 4.93. The lowest BCUT2D eigenvalue weighted by Crippen LogP contribution is -3.08. The van der Waals surface area contributed by atoms with Crippen molar-refractivity contribution in [1.29, 1.82) is 0 Å². The summed E-state index contributed by atoms with van der Waals surface area (Å²) in [5.74, 6) is 0.624. The van der Waals surface area contributed by atoms with Crippen LogP contribution in [0.3, 0.4) is 0 Å². The molecule has 1 amide bonds. The maximum absolute atomic E-state index is 12.3. The van der Waals surface area contributed by atoms with Crippen molar-refractivity contribution >= 4 is 5.91 Å². The van der Waals surface area contributed by atoms with Gasteiger partial charge in [-0.15, -0.1) is 0 Å². The number of rotatable bonds is 7. The van der Waals surface area contributed by atoms with Crippen LogP contribution in [0, 0.1) is 6.92 Å². The number of ether oxygens (including phenoxy) is 1. The molecule has 1 atom stereocenters. The molecule has 1 fully saturated rings. The van der Waals surface area contributed by atoms with Crippen molar-refractivity contribution < 1.29 is 14.4 Å². The molecule has 26 heavy (non-hydrogen) atoms. The zero-order valence-corrected chi connectivity index (χ0v) is 15.8. The average Bonchev–Trinajstić information content (AvgIpc) is 3.14. The topological polar surface area (TPSA) is 42.8 Å². The minimum atomic E-state index is -0.519. The van der Waals surface area contributed by atoms with Crippen molar-refractivity contribution in [2.24, 2.45) is 0 Å². The normalized spacial score (nSPS) is 15.6. The van der Waals surface area contributed by atoms with E-state index in [4.69, 9.17) is 4.74 Å². The monoisotopic (exact) mass is 353 g/mol. The maximum Gasteiger partial charge on any atom is 0.261 e. The number of nitrogens with one attached hydrogen (secondary N) is 2. The zero-order valence-electron chi connectivity index (χ0n) is 15.8. The number of amides is 1. The van der Waals surface area contributed by atoms with Gasteiger partial charge in [0.15, 0.2) is 6.10 Å². The van der Waals surface area contributed by atoms with Crippen molar-refractivity contribution in [3.05, 3.63) is 65.2 Å². The quantitative estimate of drug-likeness (QED) is 0.802. The van der Waals surface area contributed by atoms with Crippen molar-refractivity contribution in [3.8, 4) is 5.75 Å². The van der Waals surface area contributed by atoms with Crippen LogP contribution in [0.25, 0.3) is 0 Å². The Morgan fingerprint density at radius 3 is 2.50 bits per heavy atom. The second-order valence-corrected chi connectivity index (χ2v) is 7.24. The summed E-state index contributed by atoms with van der Waals surface area (Å²) in [4.78, 5) is 13.9. The molecule has 3 rings (SSSR count). The minimum absolute atomic E-state index is 0.0999. The summed E-state index contributed by atoms with van der Waals surface area (Å²) in [6, 6.07) is 16.3. The molecule has 2 aromatic carbocycles. The van der Waals surface area contributed by atoms with Crippen LogP contribution in [0.15, 0.2) is 48.5 Å². The van der Waals surface area contributed by atoms with Gasteiger partial charge in [-0.25, -0.2) is 0 Å². The molecular formula is C22H29N2O2+. The van der Waals surface area contributed by atoms with Gasteiger partial charge in [0, 0.05) is 24.9 Å². The van der Waals surface area contributed by atoms with Gasteiger partial charge in [-0.3, -0.25) is 4.79 Å². The Labute approximate surface area is 156 Å². The number of hydrogen-bond acceptors (Lipinski definition) is 2. The predicted octanol–water partition coefficient (Wildman–Crippen LogP) is 2.26. The first-order valence-corrected chi connectivity index (χ1v) is 9.52. The van der Waals surface area contributed by atoms with Crippen LogP contribution >= 0.6 is 0 Å². The van der Waals surface area contributed by atoms with Crippen LogP contribution in [-0.4, -0.2) is 25.1 Å². The van der Waals surface area contributed by atoms with Crippen molar-refractivity contribution in [2.75, 3.05) is 13.1 Å². The van der Waals surface area contributed by atoms with E-state index in [1.54, 1.807) is 11.8 Å². The van der Waals surface area contributed by atoms with Gasteiger partial charge in [-0.2, -0.15) is 0 Å². The highest BCUT2D eigenvalue weighted by Gasteiger charge is 2.16.